The third-order valence-corrected chi connectivity index (χ3v) is 5.59. The minimum Gasteiger partial charge on any atom is -0.325 e. The molecule has 0 bridgehead atoms. The molecule has 4 aromatic rings. The second-order valence-corrected chi connectivity index (χ2v) is 7.84. The summed E-state index contributed by atoms with van der Waals surface area (Å²) in [4.78, 5) is 30.0. The predicted molar refractivity (Wildman–Crippen MR) is 118 cm³/mol. The number of carbonyl (C=O) groups is 1. The number of aromatic nitrogens is 2. The number of nitrogens with one attached hydrogen (secondary N) is 1. The maximum Gasteiger partial charge on any atom is 0.266 e. The van der Waals surface area contributed by atoms with Crippen LogP contribution in [0.1, 0.15) is 0 Å². The summed E-state index contributed by atoms with van der Waals surface area (Å²) in [7, 11) is 0. The number of rotatable bonds is 5. The van der Waals surface area contributed by atoms with Gasteiger partial charge in [-0.2, -0.15) is 0 Å². The third-order valence-electron chi connectivity index (χ3n) is 4.37. The first-order valence-electron chi connectivity index (χ1n) is 9.08. The fourth-order valence-corrected chi connectivity index (χ4v) is 3.92. The number of thioether (sulfide) groups is 1. The zero-order valence-corrected chi connectivity index (χ0v) is 17.4. The van der Waals surface area contributed by atoms with Gasteiger partial charge in [0.05, 0.1) is 27.4 Å². The Bertz CT molecular complexity index is 1340. The summed E-state index contributed by atoms with van der Waals surface area (Å²) in [6, 6.07) is 16.1. The fourth-order valence-electron chi connectivity index (χ4n) is 2.93. The number of nitrogens with zero attached hydrogens (tertiary/aromatic N) is 2. The van der Waals surface area contributed by atoms with Gasteiger partial charge >= 0.3 is 0 Å². The summed E-state index contributed by atoms with van der Waals surface area (Å²) in [5.41, 5.74) is 0.932. The summed E-state index contributed by atoms with van der Waals surface area (Å²) < 4.78 is 28.0. The van der Waals surface area contributed by atoms with Crippen LogP contribution in [0.4, 0.5) is 14.5 Å². The summed E-state index contributed by atoms with van der Waals surface area (Å²) in [5, 5.41) is 3.20. The number of benzene rings is 3. The number of fused-ring (bicyclic) bond motifs is 1. The Hall–Kier alpha value is -3.23. The van der Waals surface area contributed by atoms with Crippen molar-refractivity contribution >= 4 is 45.9 Å². The molecular weight excluding hydrogens is 444 g/mol. The Morgan fingerprint density at radius 3 is 2.55 bits per heavy atom. The van der Waals surface area contributed by atoms with Gasteiger partial charge in [0.15, 0.2) is 5.16 Å². The Morgan fingerprint density at radius 1 is 1.06 bits per heavy atom. The number of hydrogen-bond donors (Lipinski definition) is 1. The number of amides is 1. The van der Waals surface area contributed by atoms with E-state index in [0.29, 0.717) is 22.3 Å². The monoisotopic (exact) mass is 457 g/mol. The molecule has 0 fully saturated rings. The van der Waals surface area contributed by atoms with Gasteiger partial charge in [0.1, 0.15) is 11.6 Å². The Labute approximate surface area is 184 Å². The second-order valence-electron chi connectivity index (χ2n) is 6.49. The van der Waals surface area contributed by atoms with Crippen LogP contribution in [0.25, 0.3) is 16.6 Å². The van der Waals surface area contributed by atoms with E-state index in [-0.39, 0.29) is 27.4 Å². The topological polar surface area (TPSA) is 64.0 Å². The van der Waals surface area contributed by atoms with Crippen LogP contribution in [0.2, 0.25) is 5.02 Å². The first-order chi connectivity index (χ1) is 14.9. The molecule has 3 aromatic carbocycles. The van der Waals surface area contributed by atoms with Crippen molar-refractivity contribution in [1.29, 1.82) is 0 Å². The van der Waals surface area contributed by atoms with Crippen molar-refractivity contribution in [2.75, 3.05) is 11.1 Å². The molecule has 31 heavy (non-hydrogen) atoms. The van der Waals surface area contributed by atoms with Crippen LogP contribution in [0, 0.1) is 11.6 Å². The molecule has 1 heterocycles. The van der Waals surface area contributed by atoms with Gasteiger partial charge in [0, 0.05) is 5.69 Å². The van der Waals surface area contributed by atoms with Gasteiger partial charge in [-0.3, -0.25) is 14.2 Å². The first kappa shape index (κ1) is 21.0. The molecule has 9 heteroatoms. The van der Waals surface area contributed by atoms with E-state index in [1.165, 1.54) is 41.0 Å². The lowest BCUT2D eigenvalue weighted by atomic mass is 10.2. The quantitative estimate of drug-likeness (QED) is 0.336. The molecule has 0 atom stereocenters. The summed E-state index contributed by atoms with van der Waals surface area (Å²) in [6.07, 6.45) is 0. The fraction of sp³-hybridized carbons (Fsp3) is 0.0455. The van der Waals surface area contributed by atoms with Gasteiger partial charge in [-0.05, 0) is 54.6 Å². The number of halogens is 3. The van der Waals surface area contributed by atoms with Crippen molar-refractivity contribution < 1.29 is 13.6 Å². The first-order valence-corrected chi connectivity index (χ1v) is 10.4. The van der Waals surface area contributed by atoms with E-state index in [1.807, 2.05) is 0 Å². The molecule has 0 spiro atoms. The molecule has 0 unspecified atom stereocenters. The summed E-state index contributed by atoms with van der Waals surface area (Å²) >= 11 is 6.79. The van der Waals surface area contributed by atoms with Gasteiger partial charge in [-0.25, -0.2) is 13.8 Å². The molecule has 4 rings (SSSR count). The molecule has 0 saturated heterocycles. The van der Waals surface area contributed by atoms with Crippen LogP contribution in [0.3, 0.4) is 0 Å². The molecule has 5 nitrogen and oxygen atoms in total. The summed E-state index contributed by atoms with van der Waals surface area (Å²) in [6.45, 7) is 0. The van der Waals surface area contributed by atoms with E-state index in [9.17, 15) is 18.4 Å². The number of para-hydroxylation sites is 1. The molecule has 156 valence electrons. The lowest BCUT2D eigenvalue weighted by molar-refractivity contribution is -0.113. The Kier molecular flexibility index (Phi) is 6.01. The standard InChI is InChI=1S/C22H14ClF2N3O2S/c23-17-11-14(7-10-18(17)25)26-20(29)12-31-22-27-19-4-2-1-3-16(19)21(30)28(22)15-8-5-13(24)6-9-15/h1-11H,12H2,(H,26,29). The summed E-state index contributed by atoms with van der Waals surface area (Å²) in [5.74, 6) is -1.48. The second kappa shape index (κ2) is 8.87. The molecule has 1 N–H and O–H groups in total. The molecule has 0 aliphatic rings. The van der Waals surface area contributed by atoms with E-state index in [1.54, 1.807) is 24.3 Å². The van der Waals surface area contributed by atoms with Gasteiger partial charge in [0.2, 0.25) is 5.91 Å². The lowest BCUT2D eigenvalue weighted by Crippen LogP contribution is -2.23. The maximum atomic E-state index is 13.4. The maximum absolute atomic E-state index is 13.4. The minimum absolute atomic E-state index is 0.0685. The average Bonchev–Trinajstić information content (AvgIpc) is 2.76. The zero-order chi connectivity index (χ0) is 22.0. The van der Waals surface area contributed by atoms with E-state index in [4.69, 9.17) is 11.6 Å². The SMILES string of the molecule is O=C(CSc1nc2ccccc2c(=O)n1-c1ccc(F)cc1)Nc1ccc(F)c(Cl)c1. The number of anilines is 1. The van der Waals surface area contributed by atoms with Crippen molar-refractivity contribution in [3.05, 3.63) is 93.7 Å². The Morgan fingerprint density at radius 2 is 1.81 bits per heavy atom. The van der Waals surface area contributed by atoms with Crippen LogP contribution in [-0.4, -0.2) is 21.2 Å². The van der Waals surface area contributed by atoms with Crippen molar-refractivity contribution in [1.82, 2.24) is 9.55 Å². The van der Waals surface area contributed by atoms with Crippen molar-refractivity contribution in [3.8, 4) is 5.69 Å². The molecule has 0 aliphatic carbocycles. The van der Waals surface area contributed by atoms with Crippen LogP contribution in [0.5, 0.6) is 0 Å². The van der Waals surface area contributed by atoms with E-state index in [2.05, 4.69) is 10.3 Å². The highest BCUT2D eigenvalue weighted by atomic mass is 35.5. The zero-order valence-electron chi connectivity index (χ0n) is 15.8. The van der Waals surface area contributed by atoms with Crippen molar-refractivity contribution in [2.24, 2.45) is 0 Å². The van der Waals surface area contributed by atoms with Gasteiger partial charge in [-0.15, -0.1) is 0 Å². The van der Waals surface area contributed by atoms with Crippen LogP contribution in [0.15, 0.2) is 76.7 Å². The molecule has 0 aliphatic heterocycles. The molecular formula is C22H14ClF2N3O2S. The molecule has 0 saturated carbocycles. The smallest absolute Gasteiger partial charge is 0.266 e. The van der Waals surface area contributed by atoms with Crippen LogP contribution < -0.4 is 10.9 Å². The highest BCUT2D eigenvalue weighted by Gasteiger charge is 2.15. The number of hydrogen-bond acceptors (Lipinski definition) is 4. The molecule has 1 amide bonds. The Balaban J connectivity index is 1.65. The van der Waals surface area contributed by atoms with Crippen molar-refractivity contribution in [3.63, 3.8) is 0 Å². The largest absolute Gasteiger partial charge is 0.325 e. The highest BCUT2D eigenvalue weighted by Crippen LogP contribution is 2.23. The highest BCUT2D eigenvalue weighted by molar-refractivity contribution is 7.99. The minimum atomic E-state index is -0.585. The van der Waals surface area contributed by atoms with E-state index in [0.717, 1.165) is 17.8 Å². The van der Waals surface area contributed by atoms with E-state index < -0.39 is 11.6 Å². The average molecular weight is 458 g/mol. The van der Waals surface area contributed by atoms with Crippen LogP contribution in [-0.2, 0) is 4.79 Å². The predicted octanol–water partition coefficient (Wildman–Crippen LogP) is 5.05. The van der Waals surface area contributed by atoms with Crippen LogP contribution >= 0.6 is 23.4 Å². The molecule has 1 aromatic heterocycles. The molecule has 0 radical (unpaired) electrons. The normalized spacial score (nSPS) is 10.9. The van der Waals surface area contributed by atoms with E-state index >= 15 is 0 Å². The van der Waals surface area contributed by atoms with Gasteiger partial charge < -0.3 is 5.32 Å². The third kappa shape index (κ3) is 4.60. The van der Waals surface area contributed by atoms with Gasteiger partial charge in [0.25, 0.3) is 5.56 Å². The lowest BCUT2D eigenvalue weighted by Gasteiger charge is -2.13. The number of carbonyl (C=O) groups excluding carboxylic acids is 1. The van der Waals surface area contributed by atoms with Gasteiger partial charge in [-0.1, -0.05) is 35.5 Å². The van der Waals surface area contributed by atoms with Crippen molar-refractivity contribution in [2.45, 2.75) is 5.16 Å².